The molecule has 3 rings (SSSR count). The molecule has 1 saturated heterocycles. The lowest BCUT2D eigenvalue weighted by molar-refractivity contribution is 0.129. The highest BCUT2D eigenvalue weighted by Gasteiger charge is 2.23. The molecule has 1 aliphatic rings. The summed E-state index contributed by atoms with van der Waals surface area (Å²) in [5, 5.41) is 0.231. The van der Waals surface area contributed by atoms with Crippen molar-refractivity contribution >= 4 is 44.3 Å². The number of aromatic nitrogens is 2. The Morgan fingerprint density at radius 3 is 2.95 bits per heavy atom. The number of hydrogen-bond acceptors (Lipinski definition) is 4. The van der Waals surface area contributed by atoms with E-state index >= 15 is 0 Å². The third-order valence-corrected chi connectivity index (χ3v) is 4.42. The minimum Gasteiger partial charge on any atom is -0.379 e. The molecule has 1 fully saturated rings. The van der Waals surface area contributed by atoms with Gasteiger partial charge in [-0.05, 0) is 39.5 Å². The van der Waals surface area contributed by atoms with Crippen molar-refractivity contribution in [2.45, 2.75) is 6.92 Å². The fourth-order valence-electron chi connectivity index (χ4n) is 2.54. The molecule has 0 radical (unpaired) electrons. The quantitative estimate of drug-likeness (QED) is 0.547. The Morgan fingerprint density at radius 2 is 2.18 bits per heavy atom. The van der Waals surface area contributed by atoms with Crippen molar-refractivity contribution in [1.29, 1.82) is 0 Å². The van der Waals surface area contributed by atoms with Crippen LogP contribution < -0.4 is 4.90 Å². The number of hydrogen-bond donors (Lipinski definition) is 0. The highest BCUT2D eigenvalue weighted by atomic mass is 79.9. The standard InChI is InChI=1S/C14H13BrClF2N3O/c1-7-5-21(2-3-22-6-7)13-8-4-9(17)10(15)11(18)12(8)19-14(16)20-13/h4,7H,2-3,5-6H2,1H3. The Balaban J connectivity index is 2.20. The lowest BCUT2D eigenvalue weighted by Crippen LogP contribution is -2.30. The van der Waals surface area contributed by atoms with Crippen molar-refractivity contribution in [3.63, 3.8) is 0 Å². The van der Waals surface area contributed by atoms with Gasteiger partial charge in [-0.3, -0.25) is 0 Å². The minimum absolute atomic E-state index is 0.00101. The third-order valence-electron chi connectivity index (χ3n) is 3.52. The summed E-state index contributed by atoms with van der Waals surface area (Å²) in [6.45, 7) is 4.45. The molecule has 22 heavy (non-hydrogen) atoms. The molecule has 1 unspecified atom stereocenters. The van der Waals surface area contributed by atoms with Gasteiger partial charge in [-0.1, -0.05) is 6.92 Å². The summed E-state index contributed by atoms with van der Waals surface area (Å²) in [5.74, 6) is -0.773. The number of nitrogens with zero attached hydrogens (tertiary/aromatic N) is 3. The summed E-state index contributed by atoms with van der Waals surface area (Å²) in [6.07, 6.45) is 0. The second-order valence-electron chi connectivity index (χ2n) is 5.32. The van der Waals surface area contributed by atoms with Crippen molar-refractivity contribution in [3.05, 3.63) is 27.5 Å². The van der Waals surface area contributed by atoms with Gasteiger partial charge in [0.2, 0.25) is 5.28 Å². The van der Waals surface area contributed by atoms with Crippen LogP contribution in [0.4, 0.5) is 14.6 Å². The number of rotatable bonds is 1. The first-order valence-corrected chi connectivity index (χ1v) is 7.98. The van der Waals surface area contributed by atoms with Crippen LogP contribution in [0, 0.1) is 17.6 Å². The van der Waals surface area contributed by atoms with Crippen molar-refractivity contribution in [3.8, 4) is 0 Å². The van der Waals surface area contributed by atoms with E-state index in [4.69, 9.17) is 16.3 Å². The molecule has 0 N–H and O–H groups in total. The summed E-state index contributed by atoms with van der Waals surface area (Å²) in [5.41, 5.74) is 0.00101. The normalized spacial score (nSPS) is 19.5. The number of benzene rings is 1. The van der Waals surface area contributed by atoms with Crippen LogP contribution in [0.5, 0.6) is 0 Å². The molecule has 4 nitrogen and oxygen atoms in total. The number of anilines is 1. The Hall–Kier alpha value is -1.05. The predicted octanol–water partition coefficient (Wildman–Crippen LogP) is 3.80. The topological polar surface area (TPSA) is 38.2 Å². The average Bonchev–Trinajstić information content (AvgIpc) is 2.70. The van der Waals surface area contributed by atoms with E-state index in [2.05, 4.69) is 25.9 Å². The van der Waals surface area contributed by atoms with E-state index in [-0.39, 0.29) is 21.2 Å². The molecule has 2 heterocycles. The third kappa shape index (κ3) is 2.89. The van der Waals surface area contributed by atoms with E-state index in [0.29, 0.717) is 37.5 Å². The Labute approximate surface area is 139 Å². The number of fused-ring (bicyclic) bond motifs is 1. The van der Waals surface area contributed by atoms with Crippen LogP contribution in [0.3, 0.4) is 0 Å². The molecule has 8 heteroatoms. The monoisotopic (exact) mass is 391 g/mol. The summed E-state index contributed by atoms with van der Waals surface area (Å²) in [7, 11) is 0. The van der Waals surface area contributed by atoms with Crippen LogP contribution in [0.2, 0.25) is 5.28 Å². The van der Waals surface area contributed by atoms with Gasteiger partial charge in [0.05, 0.1) is 17.7 Å². The number of halogens is 4. The molecule has 1 aromatic heterocycles. The Morgan fingerprint density at radius 1 is 1.41 bits per heavy atom. The largest absolute Gasteiger partial charge is 0.379 e. The molecule has 0 bridgehead atoms. The van der Waals surface area contributed by atoms with E-state index < -0.39 is 11.6 Å². The highest BCUT2D eigenvalue weighted by Crippen LogP contribution is 2.33. The first-order chi connectivity index (χ1) is 10.5. The van der Waals surface area contributed by atoms with Gasteiger partial charge in [0, 0.05) is 18.5 Å². The van der Waals surface area contributed by atoms with Gasteiger partial charge in [-0.2, -0.15) is 4.98 Å². The van der Waals surface area contributed by atoms with Crippen LogP contribution in [0.1, 0.15) is 6.92 Å². The molecule has 118 valence electrons. The first-order valence-electron chi connectivity index (χ1n) is 6.80. The van der Waals surface area contributed by atoms with Crippen LogP contribution in [-0.2, 0) is 4.74 Å². The molecule has 0 aliphatic carbocycles. The van der Waals surface area contributed by atoms with Crippen molar-refractivity contribution in [1.82, 2.24) is 9.97 Å². The molecule has 1 atom stereocenters. The molecule has 1 aliphatic heterocycles. The lowest BCUT2D eigenvalue weighted by Gasteiger charge is -2.24. The van der Waals surface area contributed by atoms with E-state index in [1.165, 1.54) is 6.07 Å². The molecule has 0 amide bonds. The number of ether oxygens (including phenoxy) is 1. The summed E-state index contributed by atoms with van der Waals surface area (Å²) < 4.78 is 33.4. The molecule has 2 aromatic rings. The first kappa shape index (κ1) is 15.8. The van der Waals surface area contributed by atoms with Gasteiger partial charge in [-0.15, -0.1) is 0 Å². The Bertz CT molecular complexity index is 731. The smallest absolute Gasteiger partial charge is 0.225 e. The zero-order chi connectivity index (χ0) is 15.9. The van der Waals surface area contributed by atoms with Gasteiger partial charge in [-0.25, -0.2) is 13.8 Å². The van der Waals surface area contributed by atoms with Gasteiger partial charge in [0.15, 0.2) is 5.82 Å². The fraction of sp³-hybridized carbons (Fsp3) is 0.429. The van der Waals surface area contributed by atoms with Gasteiger partial charge in [0.1, 0.15) is 17.2 Å². The van der Waals surface area contributed by atoms with Crippen LogP contribution in [-0.4, -0.2) is 36.3 Å². The van der Waals surface area contributed by atoms with Gasteiger partial charge in [0.25, 0.3) is 0 Å². The minimum atomic E-state index is -0.778. The van der Waals surface area contributed by atoms with Crippen LogP contribution in [0.15, 0.2) is 10.5 Å². The maximum atomic E-state index is 14.3. The molecule has 1 aromatic carbocycles. The van der Waals surface area contributed by atoms with E-state index in [1.807, 2.05) is 11.8 Å². The second-order valence-corrected chi connectivity index (χ2v) is 6.46. The Kier molecular flexibility index (Phi) is 4.47. The van der Waals surface area contributed by atoms with Crippen molar-refractivity contribution < 1.29 is 13.5 Å². The zero-order valence-corrected chi connectivity index (χ0v) is 14.1. The van der Waals surface area contributed by atoms with E-state index in [1.54, 1.807) is 0 Å². The predicted molar refractivity (Wildman–Crippen MR) is 84.4 cm³/mol. The molecular formula is C14H13BrClF2N3O. The SMILES string of the molecule is CC1COCCN(c2nc(Cl)nc3c(F)c(Br)c(F)cc23)C1. The van der Waals surface area contributed by atoms with Crippen LogP contribution >= 0.6 is 27.5 Å². The maximum absolute atomic E-state index is 14.3. The molecule has 0 saturated carbocycles. The average molecular weight is 393 g/mol. The zero-order valence-electron chi connectivity index (χ0n) is 11.7. The van der Waals surface area contributed by atoms with E-state index in [0.717, 1.165) is 0 Å². The summed E-state index contributed by atoms with van der Waals surface area (Å²) >= 11 is 8.81. The van der Waals surface area contributed by atoms with Gasteiger partial charge < -0.3 is 9.64 Å². The van der Waals surface area contributed by atoms with Crippen LogP contribution in [0.25, 0.3) is 10.9 Å². The summed E-state index contributed by atoms with van der Waals surface area (Å²) in [6, 6.07) is 1.23. The molecular weight excluding hydrogens is 380 g/mol. The maximum Gasteiger partial charge on any atom is 0.225 e. The van der Waals surface area contributed by atoms with E-state index in [9.17, 15) is 8.78 Å². The highest BCUT2D eigenvalue weighted by molar-refractivity contribution is 9.10. The van der Waals surface area contributed by atoms with Crippen molar-refractivity contribution in [2.24, 2.45) is 5.92 Å². The fourth-order valence-corrected chi connectivity index (χ4v) is 3.01. The summed E-state index contributed by atoms with van der Waals surface area (Å²) in [4.78, 5) is 10.0. The van der Waals surface area contributed by atoms with Gasteiger partial charge >= 0.3 is 0 Å². The lowest BCUT2D eigenvalue weighted by atomic mass is 10.1. The van der Waals surface area contributed by atoms with Crippen molar-refractivity contribution in [2.75, 3.05) is 31.2 Å². The second kappa shape index (κ2) is 6.22. The molecule has 0 spiro atoms.